The number of rotatable bonds is 9. The molecular weight excluding hydrogens is 310 g/mol. The van der Waals surface area contributed by atoms with Crippen molar-refractivity contribution in [2.75, 3.05) is 13.7 Å². The molecule has 0 radical (unpaired) electrons. The third-order valence-corrected chi connectivity index (χ3v) is 4.68. The van der Waals surface area contributed by atoms with Gasteiger partial charge < -0.3 is 10.1 Å². The molecule has 1 aromatic heterocycles. The quantitative estimate of drug-likeness (QED) is 0.729. The first-order valence-electron chi connectivity index (χ1n) is 6.71. The zero-order valence-corrected chi connectivity index (χ0v) is 13.9. The summed E-state index contributed by atoms with van der Waals surface area (Å²) in [5.41, 5.74) is 0. The first-order chi connectivity index (χ1) is 8.71. The predicted octanol–water partition coefficient (Wildman–Crippen LogP) is 4.24. The van der Waals surface area contributed by atoms with Crippen LogP contribution in [0.25, 0.3) is 0 Å². The lowest BCUT2D eigenvalue weighted by molar-refractivity contribution is 0.0611. The van der Waals surface area contributed by atoms with Crippen LogP contribution >= 0.6 is 27.3 Å². The molecule has 1 rings (SSSR count). The molecule has 1 aromatic rings. The van der Waals surface area contributed by atoms with Crippen molar-refractivity contribution in [3.63, 3.8) is 0 Å². The number of nitrogens with one attached hydrogen (secondary N) is 1. The minimum Gasteiger partial charge on any atom is -0.380 e. The lowest BCUT2D eigenvalue weighted by Crippen LogP contribution is -2.42. The van der Waals surface area contributed by atoms with Gasteiger partial charge in [0.15, 0.2) is 0 Å². The monoisotopic (exact) mass is 333 g/mol. The Morgan fingerprint density at radius 1 is 1.33 bits per heavy atom. The van der Waals surface area contributed by atoms with E-state index in [1.165, 1.54) is 8.66 Å². The van der Waals surface area contributed by atoms with Gasteiger partial charge in [-0.25, -0.2) is 0 Å². The largest absolute Gasteiger partial charge is 0.380 e. The Morgan fingerprint density at radius 3 is 2.61 bits per heavy atom. The van der Waals surface area contributed by atoms with Gasteiger partial charge in [-0.1, -0.05) is 20.3 Å². The number of halogens is 1. The second-order valence-electron chi connectivity index (χ2n) is 4.53. The molecule has 2 unspecified atom stereocenters. The minimum absolute atomic E-state index is 0.308. The Hall–Kier alpha value is 0.1000. The van der Waals surface area contributed by atoms with Crippen LogP contribution in [0.3, 0.4) is 0 Å². The average molecular weight is 334 g/mol. The van der Waals surface area contributed by atoms with Gasteiger partial charge in [0.25, 0.3) is 0 Å². The lowest BCUT2D eigenvalue weighted by atomic mass is 10.0. The van der Waals surface area contributed by atoms with Crippen LogP contribution in [0.15, 0.2) is 15.9 Å². The van der Waals surface area contributed by atoms with E-state index in [4.69, 9.17) is 4.74 Å². The second kappa shape index (κ2) is 9.08. The highest BCUT2D eigenvalue weighted by atomic mass is 79.9. The van der Waals surface area contributed by atoms with E-state index in [1.54, 1.807) is 0 Å². The van der Waals surface area contributed by atoms with E-state index in [1.807, 2.05) is 18.4 Å². The number of hydrogen-bond acceptors (Lipinski definition) is 3. The van der Waals surface area contributed by atoms with Crippen LogP contribution < -0.4 is 5.32 Å². The van der Waals surface area contributed by atoms with E-state index in [0.717, 1.165) is 32.2 Å². The second-order valence-corrected chi connectivity index (χ2v) is 7.08. The molecule has 1 heterocycles. The molecule has 4 heteroatoms. The summed E-state index contributed by atoms with van der Waals surface area (Å²) in [6.07, 6.45) is 4.80. The van der Waals surface area contributed by atoms with Crippen LogP contribution in [0, 0.1) is 0 Å². The summed E-state index contributed by atoms with van der Waals surface area (Å²) in [7, 11) is 1.82. The Bertz CT molecular complexity index is 329. The van der Waals surface area contributed by atoms with E-state index in [9.17, 15) is 0 Å². The number of ether oxygens (including phenoxy) is 1. The van der Waals surface area contributed by atoms with Crippen LogP contribution in [0.4, 0.5) is 0 Å². The van der Waals surface area contributed by atoms with Gasteiger partial charge in [-0.2, -0.15) is 0 Å². The van der Waals surface area contributed by atoms with Crippen molar-refractivity contribution in [3.8, 4) is 0 Å². The van der Waals surface area contributed by atoms with E-state index in [0.29, 0.717) is 12.1 Å². The van der Waals surface area contributed by atoms with Gasteiger partial charge in [0.1, 0.15) is 0 Å². The molecule has 1 N–H and O–H groups in total. The fourth-order valence-corrected chi connectivity index (χ4v) is 3.65. The number of hydrogen-bond donors (Lipinski definition) is 1. The van der Waals surface area contributed by atoms with Gasteiger partial charge in [-0.15, -0.1) is 11.3 Å². The molecule has 0 fully saturated rings. The predicted molar refractivity (Wildman–Crippen MR) is 83.5 cm³/mol. The number of methoxy groups -OCH3 is 1. The van der Waals surface area contributed by atoms with Crippen molar-refractivity contribution in [3.05, 3.63) is 20.8 Å². The van der Waals surface area contributed by atoms with E-state index in [2.05, 4.69) is 47.2 Å². The van der Waals surface area contributed by atoms with Crippen molar-refractivity contribution in [2.45, 2.75) is 51.7 Å². The highest BCUT2D eigenvalue weighted by Gasteiger charge is 2.20. The van der Waals surface area contributed by atoms with Gasteiger partial charge in [-0.3, -0.25) is 0 Å². The Morgan fingerprint density at radius 2 is 2.11 bits per heavy atom. The molecule has 0 saturated heterocycles. The Balaban J connectivity index is 2.63. The Kier molecular flexibility index (Phi) is 8.15. The van der Waals surface area contributed by atoms with Crippen molar-refractivity contribution in [2.24, 2.45) is 0 Å². The number of thiophene rings is 1. The minimum atomic E-state index is 0.308. The maximum absolute atomic E-state index is 5.66. The molecule has 0 aliphatic rings. The van der Waals surface area contributed by atoms with Gasteiger partial charge in [0.05, 0.1) is 9.89 Å². The summed E-state index contributed by atoms with van der Waals surface area (Å²) >= 11 is 5.34. The maximum Gasteiger partial charge on any atom is 0.0727 e. The molecule has 18 heavy (non-hydrogen) atoms. The molecule has 104 valence electrons. The molecular formula is C14H24BrNOS. The molecule has 0 saturated carbocycles. The van der Waals surface area contributed by atoms with Crippen molar-refractivity contribution < 1.29 is 4.74 Å². The molecule has 0 aliphatic heterocycles. The van der Waals surface area contributed by atoms with Crippen LogP contribution in [-0.4, -0.2) is 25.8 Å². The van der Waals surface area contributed by atoms with Gasteiger partial charge >= 0.3 is 0 Å². The third kappa shape index (κ3) is 5.39. The molecule has 0 aromatic carbocycles. The molecule has 0 bridgehead atoms. The summed E-state index contributed by atoms with van der Waals surface area (Å²) in [6.45, 7) is 5.47. The summed E-state index contributed by atoms with van der Waals surface area (Å²) < 4.78 is 6.86. The third-order valence-electron chi connectivity index (χ3n) is 3.03. The smallest absolute Gasteiger partial charge is 0.0727 e. The first kappa shape index (κ1) is 16.2. The SMILES string of the molecule is CCCNC(Cc1ccc(Br)s1)C(CCC)OC. The maximum atomic E-state index is 5.66. The zero-order chi connectivity index (χ0) is 13.4. The van der Waals surface area contributed by atoms with Crippen molar-refractivity contribution in [1.29, 1.82) is 0 Å². The van der Waals surface area contributed by atoms with Gasteiger partial charge in [0.2, 0.25) is 0 Å². The van der Waals surface area contributed by atoms with E-state index in [-0.39, 0.29) is 0 Å². The standard InChI is InChI=1S/C14H24BrNOS/c1-4-6-13(17-3)12(16-9-5-2)10-11-7-8-14(15)18-11/h7-8,12-13,16H,4-6,9-10H2,1-3H3. The van der Waals surface area contributed by atoms with Crippen LogP contribution in [0.1, 0.15) is 38.0 Å². The fraction of sp³-hybridized carbons (Fsp3) is 0.714. The zero-order valence-electron chi connectivity index (χ0n) is 11.5. The first-order valence-corrected chi connectivity index (χ1v) is 8.32. The highest BCUT2D eigenvalue weighted by Crippen LogP contribution is 2.24. The average Bonchev–Trinajstić information content (AvgIpc) is 2.77. The van der Waals surface area contributed by atoms with Crippen LogP contribution in [-0.2, 0) is 11.2 Å². The van der Waals surface area contributed by atoms with Crippen molar-refractivity contribution >= 4 is 27.3 Å². The van der Waals surface area contributed by atoms with Crippen molar-refractivity contribution in [1.82, 2.24) is 5.32 Å². The summed E-state index contributed by atoms with van der Waals surface area (Å²) in [6, 6.07) is 4.74. The molecule has 2 atom stereocenters. The topological polar surface area (TPSA) is 21.3 Å². The Labute approximate surface area is 123 Å². The van der Waals surface area contributed by atoms with Crippen LogP contribution in [0.2, 0.25) is 0 Å². The molecule has 0 spiro atoms. The molecule has 2 nitrogen and oxygen atoms in total. The molecule has 0 amide bonds. The fourth-order valence-electron chi connectivity index (χ4n) is 2.11. The summed E-state index contributed by atoms with van der Waals surface area (Å²) in [5.74, 6) is 0. The summed E-state index contributed by atoms with van der Waals surface area (Å²) in [5, 5.41) is 3.63. The lowest BCUT2D eigenvalue weighted by Gasteiger charge is -2.26. The van der Waals surface area contributed by atoms with E-state index >= 15 is 0 Å². The molecule has 0 aliphatic carbocycles. The van der Waals surface area contributed by atoms with Crippen LogP contribution in [0.5, 0.6) is 0 Å². The highest BCUT2D eigenvalue weighted by molar-refractivity contribution is 9.11. The summed E-state index contributed by atoms with van der Waals surface area (Å²) in [4.78, 5) is 1.41. The van der Waals surface area contributed by atoms with Gasteiger partial charge in [0, 0.05) is 18.0 Å². The van der Waals surface area contributed by atoms with Gasteiger partial charge in [-0.05, 0) is 53.9 Å². The van der Waals surface area contributed by atoms with E-state index < -0.39 is 0 Å². The normalized spacial score (nSPS) is 14.7.